The maximum Gasteiger partial charge on any atom is 0.407 e. The fraction of sp³-hybridized carbons (Fsp3) is 0.412. The van der Waals surface area contributed by atoms with Gasteiger partial charge in [0.2, 0.25) is 15.9 Å². The van der Waals surface area contributed by atoms with E-state index in [9.17, 15) is 18.0 Å². The molecule has 0 radical (unpaired) electrons. The summed E-state index contributed by atoms with van der Waals surface area (Å²) in [6.07, 6.45) is 0.00491. The van der Waals surface area contributed by atoms with E-state index in [1.807, 2.05) is 60.7 Å². The highest BCUT2D eigenvalue weighted by molar-refractivity contribution is 7.89. The molecule has 1 saturated heterocycles. The first kappa shape index (κ1) is 34.9. The van der Waals surface area contributed by atoms with Crippen LogP contribution in [0.4, 0.5) is 10.5 Å². The second-order valence-electron chi connectivity index (χ2n) is 11.9. The molecule has 0 spiro atoms. The van der Waals surface area contributed by atoms with Gasteiger partial charge in [0.25, 0.3) is 0 Å². The van der Waals surface area contributed by atoms with E-state index in [1.54, 1.807) is 28.6 Å². The topological polar surface area (TPSA) is 155 Å². The van der Waals surface area contributed by atoms with E-state index in [2.05, 4.69) is 35.1 Å². The van der Waals surface area contributed by atoms with Crippen molar-refractivity contribution in [3.63, 3.8) is 0 Å². The van der Waals surface area contributed by atoms with Gasteiger partial charge in [-0.25, -0.2) is 13.2 Å². The van der Waals surface area contributed by atoms with Gasteiger partial charge in [-0.15, -0.1) is 0 Å². The van der Waals surface area contributed by atoms with E-state index in [1.165, 1.54) is 7.11 Å². The van der Waals surface area contributed by atoms with E-state index >= 15 is 0 Å². The van der Waals surface area contributed by atoms with Gasteiger partial charge >= 0.3 is 6.09 Å². The molecule has 248 valence electrons. The predicted molar refractivity (Wildman–Crippen MR) is 180 cm³/mol. The van der Waals surface area contributed by atoms with Crippen LogP contribution in [0, 0.1) is 5.92 Å². The van der Waals surface area contributed by atoms with Crippen LogP contribution in [0.15, 0.2) is 89.8 Å². The summed E-state index contributed by atoms with van der Waals surface area (Å²) in [5.41, 5.74) is 8.05. The average molecular weight is 651 g/mol. The van der Waals surface area contributed by atoms with Crippen LogP contribution in [0.5, 0.6) is 0 Å². The Balaban J connectivity index is 1.46. The van der Waals surface area contributed by atoms with Gasteiger partial charge in [-0.05, 0) is 47.7 Å². The smallest absolute Gasteiger partial charge is 0.407 e. The maximum absolute atomic E-state index is 13.8. The normalized spacial score (nSPS) is 17.3. The number of ether oxygens (including phenoxy) is 1. The minimum atomic E-state index is -3.79. The van der Waals surface area contributed by atoms with E-state index < -0.39 is 28.1 Å². The minimum Gasteiger partial charge on any atom is -0.453 e. The Bertz CT molecular complexity index is 1470. The lowest BCUT2D eigenvalue weighted by atomic mass is 9.84. The highest BCUT2D eigenvalue weighted by atomic mass is 32.2. The number of hydrogen-bond donors (Lipinski definition) is 5. The molecule has 1 fully saturated rings. The van der Waals surface area contributed by atoms with Gasteiger partial charge in [0.1, 0.15) is 6.04 Å². The quantitative estimate of drug-likeness (QED) is 0.124. The molecule has 1 aliphatic heterocycles. The number of nitrogens with zero attached hydrogens (tertiary/aromatic N) is 1. The van der Waals surface area contributed by atoms with Crippen molar-refractivity contribution < 1.29 is 22.7 Å². The first-order valence-electron chi connectivity index (χ1n) is 15.7. The summed E-state index contributed by atoms with van der Waals surface area (Å²) in [6, 6.07) is 23.9. The molecule has 3 aromatic carbocycles. The summed E-state index contributed by atoms with van der Waals surface area (Å²) < 4.78 is 34.1. The molecule has 3 aromatic rings. The van der Waals surface area contributed by atoms with Gasteiger partial charge in [-0.3, -0.25) is 4.79 Å². The number of rotatable bonds is 15. The predicted octanol–water partition coefficient (Wildman–Crippen LogP) is 2.91. The summed E-state index contributed by atoms with van der Waals surface area (Å²) in [5, 5.41) is 12.5. The molecule has 0 aliphatic carbocycles. The van der Waals surface area contributed by atoms with Gasteiger partial charge < -0.3 is 31.7 Å². The van der Waals surface area contributed by atoms with Crippen LogP contribution in [-0.2, 0) is 19.6 Å². The van der Waals surface area contributed by atoms with Crippen molar-refractivity contribution in [2.75, 3.05) is 45.6 Å². The van der Waals surface area contributed by atoms with Crippen LogP contribution < -0.4 is 27.0 Å². The Morgan fingerprint density at radius 2 is 1.54 bits per heavy atom. The summed E-state index contributed by atoms with van der Waals surface area (Å²) in [6.45, 7) is 6.24. The van der Waals surface area contributed by atoms with Gasteiger partial charge in [-0.1, -0.05) is 74.5 Å². The molecular formula is C34H46N6O5S. The zero-order valence-corrected chi connectivity index (χ0v) is 27.5. The Morgan fingerprint density at radius 1 is 0.935 bits per heavy atom. The number of methoxy groups -OCH3 is 1. The Labute approximate surface area is 272 Å². The van der Waals surface area contributed by atoms with Gasteiger partial charge in [0, 0.05) is 50.4 Å². The zero-order chi connectivity index (χ0) is 33.1. The van der Waals surface area contributed by atoms with Crippen molar-refractivity contribution in [3.8, 4) is 0 Å². The highest BCUT2D eigenvalue weighted by Crippen LogP contribution is 2.29. The summed E-state index contributed by atoms with van der Waals surface area (Å²) in [4.78, 5) is 26.3. The number of anilines is 1. The number of nitrogens with one attached hydrogen (secondary N) is 4. The lowest BCUT2D eigenvalue weighted by Gasteiger charge is -2.32. The van der Waals surface area contributed by atoms with Crippen LogP contribution in [0.3, 0.4) is 0 Å². The van der Waals surface area contributed by atoms with Crippen molar-refractivity contribution >= 4 is 27.7 Å². The molecule has 12 heteroatoms. The Hall–Kier alpha value is -3.97. The van der Waals surface area contributed by atoms with Crippen molar-refractivity contribution in [2.45, 2.75) is 49.2 Å². The molecular weight excluding hydrogens is 604 g/mol. The second kappa shape index (κ2) is 16.5. The summed E-state index contributed by atoms with van der Waals surface area (Å²) in [7, 11) is -2.52. The van der Waals surface area contributed by atoms with Gasteiger partial charge in [0.15, 0.2) is 0 Å². The molecule has 0 saturated carbocycles. The van der Waals surface area contributed by atoms with Crippen LogP contribution in [0.25, 0.3) is 0 Å². The summed E-state index contributed by atoms with van der Waals surface area (Å²) in [5.74, 6) is -0.510. The Morgan fingerprint density at radius 3 is 2.11 bits per heavy atom. The third-order valence-electron chi connectivity index (χ3n) is 8.19. The fourth-order valence-electron chi connectivity index (χ4n) is 5.74. The third kappa shape index (κ3) is 9.06. The standard InChI is InChI=1S/C34H46N6O5S/c1-24(2)18-21-40(46(43,44)28-16-14-27(35)15-17-28)30-23-36-22-29(30)37-19-20-38-33(41)32(39-34(42)45-3)31(25-10-6-4-7-11-25)26-12-8-5-9-13-26/h4-17,24,29-32,36-37H,18-23,35H2,1-3H3,(H,38,41)(H,39,42)/t29?,30-,32+/m1/s1. The van der Waals surface area contributed by atoms with Crippen LogP contribution in [0.1, 0.15) is 37.3 Å². The molecule has 46 heavy (non-hydrogen) atoms. The van der Waals surface area contributed by atoms with Crippen LogP contribution in [0.2, 0.25) is 0 Å². The number of amides is 2. The second-order valence-corrected chi connectivity index (χ2v) is 13.7. The number of hydrogen-bond acceptors (Lipinski definition) is 8. The molecule has 1 aliphatic rings. The SMILES string of the molecule is COC(=O)N[C@H](C(=O)NCCNC1CNC[C@H]1N(CCC(C)C)S(=O)(=O)c1ccc(N)cc1)C(c1ccccc1)c1ccccc1. The van der Waals surface area contributed by atoms with Crippen molar-refractivity contribution in [1.29, 1.82) is 0 Å². The minimum absolute atomic E-state index is 0.182. The molecule has 11 nitrogen and oxygen atoms in total. The zero-order valence-electron chi connectivity index (χ0n) is 26.7. The summed E-state index contributed by atoms with van der Waals surface area (Å²) >= 11 is 0. The number of nitrogen functional groups attached to an aromatic ring is 1. The van der Waals surface area contributed by atoms with E-state index in [0.29, 0.717) is 44.2 Å². The molecule has 4 rings (SSSR count). The molecule has 0 aromatic heterocycles. The highest BCUT2D eigenvalue weighted by Gasteiger charge is 2.39. The monoisotopic (exact) mass is 650 g/mol. The van der Waals surface area contributed by atoms with Gasteiger partial charge in [-0.2, -0.15) is 4.31 Å². The molecule has 2 amide bonds. The van der Waals surface area contributed by atoms with Crippen molar-refractivity contribution in [1.82, 2.24) is 25.6 Å². The number of nitrogens with two attached hydrogens (primary N) is 1. The van der Waals surface area contributed by atoms with Crippen LogP contribution >= 0.6 is 0 Å². The number of sulfonamides is 1. The van der Waals surface area contributed by atoms with E-state index in [-0.39, 0.29) is 29.4 Å². The lowest BCUT2D eigenvalue weighted by molar-refractivity contribution is -0.123. The molecule has 1 heterocycles. The average Bonchev–Trinajstić information content (AvgIpc) is 3.51. The molecule has 1 unspecified atom stereocenters. The third-order valence-corrected chi connectivity index (χ3v) is 10.1. The lowest BCUT2D eigenvalue weighted by Crippen LogP contribution is -2.54. The molecule has 6 N–H and O–H groups in total. The molecule has 3 atom stereocenters. The van der Waals surface area contributed by atoms with Crippen molar-refractivity contribution in [3.05, 3.63) is 96.1 Å². The van der Waals surface area contributed by atoms with Crippen molar-refractivity contribution in [2.24, 2.45) is 5.92 Å². The van der Waals surface area contributed by atoms with Crippen LogP contribution in [-0.4, -0.2) is 82.7 Å². The first-order chi connectivity index (χ1) is 22.1. The van der Waals surface area contributed by atoms with Gasteiger partial charge in [0.05, 0.1) is 18.0 Å². The fourth-order valence-corrected chi connectivity index (χ4v) is 7.41. The maximum atomic E-state index is 13.8. The largest absolute Gasteiger partial charge is 0.453 e. The number of carbonyl (C=O) groups is 2. The van der Waals surface area contributed by atoms with E-state index in [0.717, 1.165) is 11.1 Å². The first-order valence-corrected chi connectivity index (χ1v) is 17.1. The Kier molecular flexibility index (Phi) is 12.6. The number of benzene rings is 3. The number of carbonyl (C=O) groups excluding carboxylic acids is 2. The van der Waals surface area contributed by atoms with E-state index in [4.69, 9.17) is 10.5 Å². The molecule has 0 bridgehead atoms. The number of alkyl carbamates (subject to hydrolysis) is 1.